The summed E-state index contributed by atoms with van der Waals surface area (Å²) in [6.07, 6.45) is 5.92. The molecule has 0 aliphatic carbocycles. The number of fused-ring (bicyclic) bond motifs is 1. The molecular formula is C28H31N5O. The number of aromatic nitrogens is 3. The second-order valence-electron chi connectivity index (χ2n) is 9.03. The highest BCUT2D eigenvalue weighted by molar-refractivity contribution is 5.98. The van der Waals surface area contributed by atoms with Crippen LogP contribution in [0.3, 0.4) is 0 Å². The van der Waals surface area contributed by atoms with Gasteiger partial charge in [0.2, 0.25) is 0 Å². The molecule has 0 atom stereocenters. The number of carbonyl (C=O) groups excluding carboxylic acids is 1. The highest BCUT2D eigenvalue weighted by atomic mass is 16.1. The van der Waals surface area contributed by atoms with E-state index in [1.807, 2.05) is 52.8 Å². The van der Waals surface area contributed by atoms with Crippen LogP contribution in [0.2, 0.25) is 0 Å². The van der Waals surface area contributed by atoms with Crippen LogP contribution in [-0.2, 0) is 13.0 Å². The van der Waals surface area contributed by atoms with E-state index in [0.29, 0.717) is 12.1 Å². The largest absolute Gasteiger partial charge is 0.352 e. The van der Waals surface area contributed by atoms with Crippen molar-refractivity contribution in [3.63, 3.8) is 0 Å². The second-order valence-corrected chi connectivity index (χ2v) is 9.03. The van der Waals surface area contributed by atoms with Crippen molar-refractivity contribution in [1.82, 2.24) is 24.6 Å². The van der Waals surface area contributed by atoms with Gasteiger partial charge in [0, 0.05) is 38.6 Å². The van der Waals surface area contributed by atoms with Crippen LogP contribution < -0.4 is 5.32 Å². The van der Waals surface area contributed by atoms with Crippen LogP contribution in [0.5, 0.6) is 0 Å². The number of nitrogens with zero attached hydrogens (tertiary/aromatic N) is 4. The Labute approximate surface area is 200 Å². The van der Waals surface area contributed by atoms with Gasteiger partial charge in [-0.15, -0.1) is 0 Å². The Bertz CT molecular complexity index is 1290. The van der Waals surface area contributed by atoms with Crippen molar-refractivity contribution < 1.29 is 4.79 Å². The number of amides is 1. The number of aryl methyl sites for hydroxylation is 2. The normalized spacial score (nSPS) is 13.6. The summed E-state index contributed by atoms with van der Waals surface area (Å²) in [6, 6.07) is 20.8. The molecule has 0 bridgehead atoms. The van der Waals surface area contributed by atoms with Crippen molar-refractivity contribution in [2.24, 2.45) is 0 Å². The third-order valence-corrected chi connectivity index (χ3v) is 6.50. The summed E-state index contributed by atoms with van der Waals surface area (Å²) in [5.41, 5.74) is 6.31. The van der Waals surface area contributed by atoms with Crippen molar-refractivity contribution in [1.29, 1.82) is 0 Å². The van der Waals surface area contributed by atoms with Gasteiger partial charge >= 0.3 is 0 Å². The first kappa shape index (κ1) is 22.2. The summed E-state index contributed by atoms with van der Waals surface area (Å²) in [5.74, 6) is 0.683. The third kappa shape index (κ3) is 4.54. The molecule has 6 heteroatoms. The molecule has 0 radical (unpaired) electrons. The smallest absolute Gasteiger partial charge is 0.256 e. The molecule has 174 valence electrons. The maximum Gasteiger partial charge on any atom is 0.256 e. The zero-order chi connectivity index (χ0) is 23.5. The van der Waals surface area contributed by atoms with Crippen LogP contribution in [0.25, 0.3) is 11.5 Å². The molecule has 2 aromatic heterocycles. The molecule has 34 heavy (non-hydrogen) atoms. The highest BCUT2D eigenvalue weighted by Crippen LogP contribution is 2.24. The fourth-order valence-corrected chi connectivity index (χ4v) is 4.77. The van der Waals surface area contributed by atoms with E-state index in [1.165, 1.54) is 11.1 Å². The van der Waals surface area contributed by atoms with Gasteiger partial charge in [-0.1, -0.05) is 36.4 Å². The van der Waals surface area contributed by atoms with Gasteiger partial charge in [0.1, 0.15) is 5.56 Å². The van der Waals surface area contributed by atoms with E-state index in [2.05, 4.69) is 53.5 Å². The Balaban J connectivity index is 1.28. The summed E-state index contributed by atoms with van der Waals surface area (Å²) >= 11 is 0. The molecule has 1 amide bonds. The fourth-order valence-electron chi connectivity index (χ4n) is 4.77. The maximum atomic E-state index is 13.3. The molecule has 2 aromatic carbocycles. The summed E-state index contributed by atoms with van der Waals surface area (Å²) in [4.78, 5) is 15.8. The minimum Gasteiger partial charge on any atom is -0.352 e. The van der Waals surface area contributed by atoms with Crippen molar-refractivity contribution in [2.75, 3.05) is 19.6 Å². The molecule has 5 rings (SSSR count). The Hall–Kier alpha value is -3.64. The fraction of sp³-hybridized carbons (Fsp3) is 0.286. The lowest BCUT2D eigenvalue weighted by Gasteiger charge is -2.28. The lowest BCUT2D eigenvalue weighted by molar-refractivity contribution is 0.0950. The van der Waals surface area contributed by atoms with E-state index in [-0.39, 0.29) is 5.91 Å². The van der Waals surface area contributed by atoms with E-state index in [0.717, 1.165) is 55.2 Å². The van der Waals surface area contributed by atoms with Gasteiger partial charge in [-0.2, -0.15) is 5.10 Å². The zero-order valence-electron chi connectivity index (χ0n) is 19.9. The molecule has 0 saturated carbocycles. The predicted octanol–water partition coefficient (Wildman–Crippen LogP) is 4.46. The first-order valence-electron chi connectivity index (χ1n) is 12.0. The Kier molecular flexibility index (Phi) is 6.32. The van der Waals surface area contributed by atoms with Gasteiger partial charge in [-0.25, -0.2) is 4.68 Å². The van der Waals surface area contributed by atoms with Crippen LogP contribution in [-0.4, -0.2) is 44.8 Å². The number of hydrogen-bond donors (Lipinski definition) is 1. The molecule has 1 N–H and O–H groups in total. The quantitative estimate of drug-likeness (QED) is 0.421. The van der Waals surface area contributed by atoms with Gasteiger partial charge in [0.15, 0.2) is 5.82 Å². The number of benzene rings is 2. The Morgan fingerprint density at radius 1 is 1.00 bits per heavy atom. The van der Waals surface area contributed by atoms with Crippen molar-refractivity contribution in [2.45, 2.75) is 33.2 Å². The van der Waals surface area contributed by atoms with E-state index in [1.54, 1.807) is 0 Å². The predicted molar refractivity (Wildman–Crippen MR) is 135 cm³/mol. The molecule has 0 fully saturated rings. The molecule has 0 spiro atoms. The van der Waals surface area contributed by atoms with Gasteiger partial charge in [-0.05, 0) is 67.6 Å². The minimum atomic E-state index is -0.0795. The topological polar surface area (TPSA) is 55.1 Å². The maximum absolute atomic E-state index is 13.3. The third-order valence-electron chi connectivity index (χ3n) is 6.50. The molecule has 6 nitrogen and oxygen atoms in total. The van der Waals surface area contributed by atoms with Crippen LogP contribution >= 0.6 is 0 Å². The minimum absolute atomic E-state index is 0.0795. The van der Waals surface area contributed by atoms with E-state index >= 15 is 0 Å². The molecule has 1 aliphatic heterocycles. The molecule has 1 aliphatic rings. The van der Waals surface area contributed by atoms with Gasteiger partial charge in [0.25, 0.3) is 5.91 Å². The lowest BCUT2D eigenvalue weighted by atomic mass is 10.00. The number of rotatable bonds is 7. The summed E-state index contributed by atoms with van der Waals surface area (Å²) in [7, 11) is 0. The monoisotopic (exact) mass is 453 g/mol. The number of carbonyl (C=O) groups is 1. The molecule has 4 aromatic rings. The summed E-state index contributed by atoms with van der Waals surface area (Å²) in [5, 5.41) is 7.89. The SMILES string of the molecule is Cc1cccc(-n2nc(C)c(C(=O)NCCCN3CCc4ccccc4C3)c2-n2cccc2)c1. The average molecular weight is 454 g/mol. The average Bonchev–Trinajstić information content (AvgIpc) is 3.49. The van der Waals surface area contributed by atoms with E-state index in [9.17, 15) is 4.79 Å². The van der Waals surface area contributed by atoms with Crippen LogP contribution in [0.4, 0.5) is 0 Å². The van der Waals surface area contributed by atoms with Gasteiger partial charge < -0.3 is 9.88 Å². The molecule has 0 unspecified atom stereocenters. The van der Waals surface area contributed by atoms with E-state index in [4.69, 9.17) is 5.10 Å². The lowest BCUT2D eigenvalue weighted by Crippen LogP contribution is -2.34. The second kappa shape index (κ2) is 9.69. The van der Waals surface area contributed by atoms with Crippen LogP contribution in [0, 0.1) is 13.8 Å². The molecular weight excluding hydrogens is 422 g/mol. The highest BCUT2D eigenvalue weighted by Gasteiger charge is 2.23. The number of hydrogen-bond acceptors (Lipinski definition) is 3. The first-order chi connectivity index (χ1) is 16.6. The van der Waals surface area contributed by atoms with Crippen LogP contribution in [0.15, 0.2) is 73.1 Å². The van der Waals surface area contributed by atoms with Gasteiger partial charge in [0.05, 0.1) is 11.4 Å². The standard InChI is InChI=1S/C28H31N5O/c1-21-9-7-12-25(19-21)33-28(32-16-5-6-17-32)26(22(2)30-33)27(34)29-14-8-15-31-18-13-23-10-3-4-11-24(23)20-31/h3-7,9-12,16-17,19H,8,13-15,18,20H2,1-2H3,(H,29,34). The van der Waals surface area contributed by atoms with Crippen molar-refractivity contribution in [3.8, 4) is 11.5 Å². The molecule has 3 heterocycles. The first-order valence-corrected chi connectivity index (χ1v) is 12.0. The Morgan fingerprint density at radius 3 is 2.59 bits per heavy atom. The molecule has 0 saturated heterocycles. The van der Waals surface area contributed by atoms with Crippen LogP contribution in [0.1, 0.15) is 39.2 Å². The Morgan fingerprint density at radius 2 is 1.79 bits per heavy atom. The zero-order valence-corrected chi connectivity index (χ0v) is 19.9. The van der Waals surface area contributed by atoms with Gasteiger partial charge in [-0.3, -0.25) is 9.69 Å². The summed E-state index contributed by atoms with van der Waals surface area (Å²) < 4.78 is 3.82. The van der Waals surface area contributed by atoms with Crippen molar-refractivity contribution >= 4 is 5.91 Å². The van der Waals surface area contributed by atoms with E-state index < -0.39 is 0 Å². The van der Waals surface area contributed by atoms with Crippen molar-refractivity contribution in [3.05, 3.63) is 101 Å². The number of nitrogens with one attached hydrogen (secondary N) is 1. The summed E-state index contributed by atoms with van der Waals surface area (Å²) in [6.45, 7) is 7.64.